The number of carboxylic acids is 1. The van der Waals surface area contributed by atoms with Crippen LogP contribution in [0.5, 0.6) is 11.5 Å². The molecule has 0 spiro atoms. The maximum absolute atomic E-state index is 12.5. The number of para-hydroxylation sites is 1. The molecule has 0 unspecified atom stereocenters. The van der Waals surface area contributed by atoms with Crippen molar-refractivity contribution < 1.29 is 24.5 Å². The van der Waals surface area contributed by atoms with Crippen LogP contribution in [0.15, 0.2) is 52.4 Å². The zero-order chi connectivity index (χ0) is 20.3. The first-order valence-corrected chi connectivity index (χ1v) is 9.25. The molecule has 0 bridgehead atoms. The molecule has 2 aromatic carbocycles. The number of hydrogen-bond donors (Lipinski definition) is 1. The largest absolute Gasteiger partial charge is 0.870 e. The highest BCUT2D eigenvalue weighted by Gasteiger charge is 2.30. The Kier molecular flexibility index (Phi) is 5.70. The summed E-state index contributed by atoms with van der Waals surface area (Å²) in [6, 6.07) is 11.0. The number of aromatic carboxylic acids is 1. The molecule has 0 aliphatic carbocycles. The maximum atomic E-state index is 12.5. The lowest BCUT2D eigenvalue weighted by Gasteiger charge is -2.16. The topological polar surface area (TPSA) is 102 Å². The second kappa shape index (κ2) is 8.18. The van der Waals surface area contributed by atoms with Crippen LogP contribution in [0.25, 0.3) is 6.08 Å². The summed E-state index contributed by atoms with van der Waals surface area (Å²) in [6.07, 6.45) is 1.52. The number of carbonyl (C=O) groups excluding carboxylic acids is 1. The Bertz CT molecular complexity index is 1000. The number of likely N-dealkylation sites (N-methyl/N-ethyl adjacent to an activating group) is 1. The van der Waals surface area contributed by atoms with Crippen molar-refractivity contribution >= 4 is 40.6 Å². The summed E-state index contributed by atoms with van der Waals surface area (Å²) in [6.45, 7) is 2.16. The van der Waals surface area contributed by atoms with Crippen molar-refractivity contribution in [2.24, 2.45) is 4.99 Å². The van der Waals surface area contributed by atoms with Gasteiger partial charge in [-0.1, -0.05) is 23.9 Å². The Labute approximate surface area is 166 Å². The van der Waals surface area contributed by atoms with Gasteiger partial charge < -0.3 is 14.9 Å². The standard InChI is InChI=1S/C20H18N2O5S/c1-3-27-15-9-5-6-12(17(15)23)11-16-18(24)22(2)20(28-16)21-14-8-4-7-13(10-14)19(25)26/h4-11,23H,3H2,1-2H3,(H,25,26)/p-1/b16-11-,21-20?. The Morgan fingerprint density at radius 3 is 2.79 bits per heavy atom. The summed E-state index contributed by atoms with van der Waals surface area (Å²) in [7, 11) is 1.57. The van der Waals surface area contributed by atoms with Crippen molar-refractivity contribution in [3.8, 4) is 11.5 Å². The summed E-state index contributed by atoms with van der Waals surface area (Å²) in [5.74, 6) is -1.39. The van der Waals surface area contributed by atoms with Gasteiger partial charge in [-0.15, -0.1) is 0 Å². The van der Waals surface area contributed by atoms with E-state index in [1.54, 1.807) is 44.3 Å². The van der Waals surface area contributed by atoms with Gasteiger partial charge in [-0.3, -0.25) is 9.69 Å². The molecule has 1 heterocycles. The summed E-state index contributed by atoms with van der Waals surface area (Å²) >= 11 is 1.12. The van der Waals surface area contributed by atoms with Gasteiger partial charge in [0.05, 0.1) is 22.8 Å². The third-order valence-corrected chi connectivity index (χ3v) is 4.98. The van der Waals surface area contributed by atoms with E-state index < -0.39 is 5.97 Å². The van der Waals surface area contributed by atoms with Crippen LogP contribution in [-0.2, 0) is 4.79 Å². The highest BCUT2D eigenvalue weighted by atomic mass is 32.2. The predicted molar refractivity (Wildman–Crippen MR) is 106 cm³/mol. The fourth-order valence-corrected chi connectivity index (χ4v) is 3.51. The molecule has 0 radical (unpaired) electrons. The van der Waals surface area contributed by atoms with Crippen molar-refractivity contribution in [1.29, 1.82) is 0 Å². The van der Waals surface area contributed by atoms with E-state index >= 15 is 0 Å². The molecule has 1 amide bonds. The molecule has 1 aliphatic rings. The number of benzene rings is 2. The molecule has 144 valence electrons. The number of rotatable bonds is 5. The van der Waals surface area contributed by atoms with Gasteiger partial charge in [0.15, 0.2) is 5.17 Å². The van der Waals surface area contributed by atoms with Gasteiger partial charge in [0.25, 0.3) is 5.91 Å². The van der Waals surface area contributed by atoms with E-state index in [0.717, 1.165) is 11.8 Å². The van der Waals surface area contributed by atoms with Crippen LogP contribution in [0.2, 0.25) is 0 Å². The van der Waals surface area contributed by atoms with Crippen LogP contribution in [0, 0.1) is 0 Å². The van der Waals surface area contributed by atoms with E-state index in [0.29, 0.717) is 27.9 Å². The lowest BCUT2D eigenvalue weighted by Crippen LogP contribution is -2.23. The molecule has 2 aromatic rings. The fourth-order valence-electron chi connectivity index (χ4n) is 2.53. The van der Waals surface area contributed by atoms with Crippen LogP contribution >= 0.6 is 11.8 Å². The minimum atomic E-state index is -1.05. The quantitative estimate of drug-likeness (QED) is 0.778. The van der Waals surface area contributed by atoms with Crippen molar-refractivity contribution in [3.05, 3.63) is 58.5 Å². The van der Waals surface area contributed by atoms with Gasteiger partial charge >= 0.3 is 5.97 Å². The normalized spacial score (nSPS) is 16.8. The number of hydrogen-bond acceptors (Lipinski definition) is 6. The van der Waals surface area contributed by atoms with Gasteiger partial charge in [0, 0.05) is 7.05 Å². The molecular weight excluding hydrogens is 380 g/mol. The summed E-state index contributed by atoms with van der Waals surface area (Å²) in [5.41, 5.74) is 0.883. The third-order valence-electron chi connectivity index (χ3n) is 3.92. The zero-order valence-corrected chi connectivity index (χ0v) is 16.0. The Hall–Kier alpha value is -3.26. The van der Waals surface area contributed by atoms with Gasteiger partial charge in [0.2, 0.25) is 0 Å². The smallest absolute Gasteiger partial charge is 0.335 e. The average Bonchev–Trinajstić information content (AvgIpc) is 2.93. The van der Waals surface area contributed by atoms with Crippen LogP contribution in [0.3, 0.4) is 0 Å². The second-order valence-corrected chi connectivity index (χ2v) is 6.84. The second-order valence-electron chi connectivity index (χ2n) is 5.83. The zero-order valence-electron chi connectivity index (χ0n) is 15.2. The van der Waals surface area contributed by atoms with E-state index in [9.17, 15) is 14.7 Å². The van der Waals surface area contributed by atoms with E-state index in [2.05, 4.69) is 4.99 Å². The Morgan fingerprint density at radius 2 is 2.07 bits per heavy atom. The van der Waals surface area contributed by atoms with E-state index in [-0.39, 0.29) is 23.0 Å². The summed E-state index contributed by atoms with van der Waals surface area (Å²) < 4.78 is 5.30. The van der Waals surface area contributed by atoms with E-state index in [1.165, 1.54) is 23.1 Å². The number of carboxylic acid groups (broad SMARTS) is 1. The Morgan fingerprint density at radius 1 is 1.32 bits per heavy atom. The molecule has 1 aliphatic heterocycles. The van der Waals surface area contributed by atoms with E-state index in [4.69, 9.17) is 9.84 Å². The first kappa shape index (κ1) is 19.5. The molecule has 3 rings (SSSR count). The molecule has 1 fully saturated rings. The van der Waals surface area contributed by atoms with Gasteiger partial charge in [-0.2, -0.15) is 0 Å². The molecule has 7 nitrogen and oxygen atoms in total. The number of thioether (sulfide) groups is 1. The molecule has 0 aromatic heterocycles. The SMILES string of the molecule is CCOc1cccc(/C=C2\SC(=Nc3cccc(C(=O)O)c3)N(C)C2=O)c1[O-]. The lowest BCUT2D eigenvalue weighted by molar-refractivity contribution is -0.270. The number of amides is 1. The van der Waals surface area contributed by atoms with Crippen molar-refractivity contribution in [3.63, 3.8) is 0 Å². The van der Waals surface area contributed by atoms with Gasteiger partial charge in [-0.25, -0.2) is 9.79 Å². The highest BCUT2D eigenvalue weighted by molar-refractivity contribution is 8.18. The monoisotopic (exact) mass is 397 g/mol. The number of aliphatic imine (C=N–C) groups is 1. The van der Waals surface area contributed by atoms with Crippen LogP contribution in [0.1, 0.15) is 22.8 Å². The molecule has 28 heavy (non-hydrogen) atoms. The van der Waals surface area contributed by atoms with Crippen LogP contribution in [0.4, 0.5) is 5.69 Å². The minimum Gasteiger partial charge on any atom is -0.870 e. The predicted octanol–water partition coefficient (Wildman–Crippen LogP) is 3.09. The van der Waals surface area contributed by atoms with Gasteiger partial charge in [0.1, 0.15) is 5.75 Å². The summed E-state index contributed by atoms with van der Waals surface area (Å²) in [5, 5.41) is 21.9. The fraction of sp³-hybridized carbons (Fsp3) is 0.150. The minimum absolute atomic E-state index is 0.110. The molecule has 8 heteroatoms. The summed E-state index contributed by atoms with van der Waals surface area (Å²) in [4.78, 5) is 29.7. The first-order chi connectivity index (χ1) is 13.4. The number of nitrogens with zero attached hydrogens (tertiary/aromatic N) is 2. The van der Waals surface area contributed by atoms with Crippen molar-refractivity contribution in [2.45, 2.75) is 6.92 Å². The average molecular weight is 397 g/mol. The lowest BCUT2D eigenvalue weighted by atomic mass is 10.1. The molecule has 0 saturated carbocycles. The highest BCUT2D eigenvalue weighted by Crippen LogP contribution is 2.36. The van der Waals surface area contributed by atoms with E-state index in [1.807, 2.05) is 0 Å². The van der Waals surface area contributed by atoms with Crippen LogP contribution < -0.4 is 9.84 Å². The first-order valence-electron chi connectivity index (χ1n) is 8.43. The number of amidine groups is 1. The number of ether oxygens (including phenoxy) is 1. The molecular formula is C20H17N2O5S-. The van der Waals surface area contributed by atoms with Crippen molar-refractivity contribution in [1.82, 2.24) is 4.90 Å². The maximum Gasteiger partial charge on any atom is 0.335 e. The van der Waals surface area contributed by atoms with Crippen LogP contribution in [-0.4, -0.2) is 40.7 Å². The van der Waals surface area contributed by atoms with Gasteiger partial charge in [-0.05, 0) is 54.6 Å². The third kappa shape index (κ3) is 4.01. The Balaban J connectivity index is 1.92. The molecule has 1 saturated heterocycles. The molecule has 1 N–H and O–H groups in total. The van der Waals surface area contributed by atoms with Crippen molar-refractivity contribution in [2.75, 3.05) is 13.7 Å². The molecule has 0 atom stereocenters. The number of carbonyl (C=O) groups is 2.